The molecule has 2 aromatic carbocycles. The summed E-state index contributed by atoms with van der Waals surface area (Å²) in [5.41, 5.74) is 3.27. The summed E-state index contributed by atoms with van der Waals surface area (Å²) >= 11 is 5.91. The molecule has 0 saturated carbocycles. The average molecular weight is 392 g/mol. The zero-order valence-electron chi connectivity index (χ0n) is 16.6. The number of quaternary nitrogens is 1. The van der Waals surface area contributed by atoms with Crippen LogP contribution >= 0.6 is 11.6 Å². The number of carbonyl (C=O) groups excluding carboxylic acids is 1. The second kappa shape index (κ2) is 9.62. The molecule has 6 heteroatoms. The summed E-state index contributed by atoms with van der Waals surface area (Å²) in [4.78, 5) is 13.5. The van der Waals surface area contributed by atoms with Crippen molar-refractivity contribution < 1.29 is 19.2 Å². The van der Waals surface area contributed by atoms with Crippen LogP contribution in [0.15, 0.2) is 36.4 Å². The van der Waals surface area contributed by atoms with Crippen LogP contribution in [-0.2, 0) is 11.3 Å². The molecule has 0 fully saturated rings. The van der Waals surface area contributed by atoms with E-state index in [0.717, 1.165) is 28.1 Å². The largest absolute Gasteiger partial charge is 0.493 e. The van der Waals surface area contributed by atoms with E-state index in [0.29, 0.717) is 23.1 Å². The van der Waals surface area contributed by atoms with Crippen LogP contribution in [0.4, 0.5) is 0 Å². The van der Waals surface area contributed by atoms with Crippen molar-refractivity contribution in [1.82, 2.24) is 5.32 Å². The second-order valence-electron chi connectivity index (χ2n) is 6.79. The van der Waals surface area contributed by atoms with Gasteiger partial charge in [0.1, 0.15) is 6.54 Å². The number of rotatable bonds is 8. The molecule has 1 unspecified atom stereocenters. The topological polar surface area (TPSA) is 52.0 Å². The van der Waals surface area contributed by atoms with Crippen LogP contribution in [0.3, 0.4) is 0 Å². The Hall–Kier alpha value is -2.24. The van der Waals surface area contributed by atoms with Crippen LogP contribution in [0, 0.1) is 6.92 Å². The van der Waals surface area contributed by atoms with E-state index in [1.165, 1.54) is 0 Å². The van der Waals surface area contributed by atoms with Crippen molar-refractivity contribution in [2.75, 3.05) is 27.8 Å². The Morgan fingerprint density at radius 2 is 1.74 bits per heavy atom. The molecule has 5 nitrogen and oxygen atoms in total. The highest BCUT2D eigenvalue weighted by Crippen LogP contribution is 2.29. The third-order valence-corrected chi connectivity index (χ3v) is 4.80. The Kier molecular flexibility index (Phi) is 7.51. The van der Waals surface area contributed by atoms with Crippen LogP contribution in [0.2, 0.25) is 5.02 Å². The van der Waals surface area contributed by atoms with Gasteiger partial charge in [0.2, 0.25) is 0 Å². The standard InChI is InChI=1S/C21H27ClN2O3/c1-14-10-19(26-4)20(27-5)11-17(14)12-24(3)13-21(25)23-15(2)16-6-8-18(22)9-7-16/h6-11,15H,12-13H2,1-5H3,(H,23,25)/p+1/t15-/m0/s1. The van der Waals surface area contributed by atoms with Crippen LogP contribution in [0.25, 0.3) is 0 Å². The summed E-state index contributed by atoms with van der Waals surface area (Å²) in [6.07, 6.45) is 0. The molecular weight excluding hydrogens is 364 g/mol. The van der Waals surface area contributed by atoms with Gasteiger partial charge in [-0.05, 0) is 49.2 Å². The van der Waals surface area contributed by atoms with E-state index in [-0.39, 0.29) is 11.9 Å². The van der Waals surface area contributed by atoms with Crippen molar-refractivity contribution in [3.05, 3.63) is 58.1 Å². The third-order valence-electron chi connectivity index (χ3n) is 4.54. The van der Waals surface area contributed by atoms with Crippen molar-refractivity contribution in [3.63, 3.8) is 0 Å². The molecule has 0 aliphatic carbocycles. The van der Waals surface area contributed by atoms with Crippen LogP contribution in [-0.4, -0.2) is 33.7 Å². The molecule has 2 rings (SSSR count). The molecule has 2 aromatic rings. The number of likely N-dealkylation sites (N-methyl/N-ethyl adjacent to an activating group) is 1. The van der Waals surface area contributed by atoms with Crippen LogP contribution in [0.5, 0.6) is 11.5 Å². The van der Waals surface area contributed by atoms with Gasteiger partial charge >= 0.3 is 0 Å². The quantitative estimate of drug-likeness (QED) is 0.727. The van der Waals surface area contributed by atoms with Gasteiger partial charge in [-0.1, -0.05) is 23.7 Å². The van der Waals surface area contributed by atoms with Crippen molar-refractivity contribution in [3.8, 4) is 11.5 Å². The lowest BCUT2D eigenvalue weighted by Gasteiger charge is -2.19. The number of halogens is 1. The lowest BCUT2D eigenvalue weighted by molar-refractivity contribution is -0.885. The van der Waals surface area contributed by atoms with Gasteiger partial charge in [-0.2, -0.15) is 0 Å². The molecule has 1 amide bonds. The predicted molar refractivity (Wildman–Crippen MR) is 108 cm³/mol. The maximum absolute atomic E-state index is 12.4. The molecule has 0 bridgehead atoms. The zero-order chi connectivity index (χ0) is 20.0. The monoisotopic (exact) mass is 391 g/mol. The first-order chi connectivity index (χ1) is 12.8. The number of carbonyl (C=O) groups is 1. The van der Waals surface area contributed by atoms with Gasteiger partial charge in [-0.3, -0.25) is 4.79 Å². The number of hydrogen-bond donors (Lipinski definition) is 2. The summed E-state index contributed by atoms with van der Waals surface area (Å²) in [5.74, 6) is 1.42. The van der Waals surface area contributed by atoms with E-state index >= 15 is 0 Å². The smallest absolute Gasteiger partial charge is 0.275 e. The van der Waals surface area contributed by atoms with Crippen molar-refractivity contribution >= 4 is 17.5 Å². The van der Waals surface area contributed by atoms with Crippen molar-refractivity contribution in [1.29, 1.82) is 0 Å². The fourth-order valence-corrected chi connectivity index (χ4v) is 3.13. The predicted octanol–water partition coefficient (Wildman–Crippen LogP) is 2.56. The van der Waals surface area contributed by atoms with Crippen LogP contribution < -0.4 is 19.7 Å². The number of ether oxygens (including phenoxy) is 2. The van der Waals surface area contributed by atoms with Gasteiger partial charge in [0, 0.05) is 10.6 Å². The minimum Gasteiger partial charge on any atom is -0.493 e. The Morgan fingerprint density at radius 1 is 1.15 bits per heavy atom. The Balaban J connectivity index is 1.95. The number of nitrogens with one attached hydrogen (secondary N) is 2. The maximum Gasteiger partial charge on any atom is 0.275 e. The zero-order valence-corrected chi connectivity index (χ0v) is 17.3. The SMILES string of the molecule is COc1cc(C)c(C[NH+](C)CC(=O)N[C@@H](C)c2ccc(Cl)cc2)cc1OC. The van der Waals surface area contributed by atoms with E-state index in [2.05, 4.69) is 5.32 Å². The minimum atomic E-state index is -0.0645. The average Bonchev–Trinajstić information content (AvgIpc) is 2.63. The number of aryl methyl sites for hydroxylation is 1. The van der Waals surface area contributed by atoms with Gasteiger partial charge < -0.3 is 19.7 Å². The molecule has 0 radical (unpaired) electrons. The fourth-order valence-electron chi connectivity index (χ4n) is 3.00. The van der Waals surface area contributed by atoms with Gasteiger partial charge in [0.05, 0.1) is 27.3 Å². The van der Waals surface area contributed by atoms with Crippen molar-refractivity contribution in [2.45, 2.75) is 26.4 Å². The number of hydrogen-bond acceptors (Lipinski definition) is 3. The molecule has 0 aliphatic rings. The van der Waals surface area contributed by atoms with Gasteiger partial charge in [0.15, 0.2) is 18.0 Å². The molecule has 0 aliphatic heterocycles. The molecule has 0 heterocycles. The van der Waals surface area contributed by atoms with E-state index < -0.39 is 0 Å². The first kappa shape index (κ1) is 21.1. The molecule has 2 N–H and O–H groups in total. The highest BCUT2D eigenvalue weighted by molar-refractivity contribution is 6.30. The highest BCUT2D eigenvalue weighted by Gasteiger charge is 2.16. The third kappa shape index (κ3) is 5.88. The molecule has 0 spiro atoms. The highest BCUT2D eigenvalue weighted by atomic mass is 35.5. The maximum atomic E-state index is 12.4. The van der Waals surface area contributed by atoms with E-state index in [9.17, 15) is 4.79 Å². The molecular formula is C21H28ClN2O3+. The lowest BCUT2D eigenvalue weighted by Crippen LogP contribution is -3.09. The summed E-state index contributed by atoms with van der Waals surface area (Å²) in [6, 6.07) is 11.4. The first-order valence-electron chi connectivity index (χ1n) is 8.91. The van der Waals surface area contributed by atoms with Gasteiger partial charge in [0.25, 0.3) is 5.91 Å². The minimum absolute atomic E-state index is 0.00748. The number of methoxy groups -OCH3 is 2. The fraction of sp³-hybridized carbons (Fsp3) is 0.381. The van der Waals surface area contributed by atoms with Crippen molar-refractivity contribution in [2.24, 2.45) is 0 Å². The Bertz CT molecular complexity index is 778. The summed E-state index contributed by atoms with van der Waals surface area (Å²) in [6.45, 7) is 5.10. The number of amides is 1. The Labute approximate surface area is 166 Å². The molecule has 0 aromatic heterocycles. The first-order valence-corrected chi connectivity index (χ1v) is 9.29. The van der Waals surface area contributed by atoms with Gasteiger partial charge in [-0.15, -0.1) is 0 Å². The second-order valence-corrected chi connectivity index (χ2v) is 7.22. The summed E-state index contributed by atoms with van der Waals surface area (Å²) in [5, 5.41) is 3.73. The lowest BCUT2D eigenvalue weighted by atomic mass is 10.1. The summed E-state index contributed by atoms with van der Waals surface area (Å²) < 4.78 is 10.7. The van der Waals surface area contributed by atoms with E-state index in [1.807, 2.05) is 57.3 Å². The van der Waals surface area contributed by atoms with E-state index in [1.54, 1.807) is 14.2 Å². The Morgan fingerprint density at radius 3 is 2.33 bits per heavy atom. The molecule has 27 heavy (non-hydrogen) atoms. The molecule has 2 atom stereocenters. The van der Waals surface area contributed by atoms with Crippen LogP contribution in [0.1, 0.15) is 29.7 Å². The van der Waals surface area contributed by atoms with Gasteiger partial charge in [-0.25, -0.2) is 0 Å². The molecule has 0 saturated heterocycles. The van der Waals surface area contributed by atoms with E-state index in [4.69, 9.17) is 21.1 Å². The summed E-state index contributed by atoms with van der Waals surface area (Å²) in [7, 11) is 5.25. The normalized spacial score (nSPS) is 13.0. The number of benzene rings is 2. The molecule has 146 valence electrons.